The molecule has 0 saturated carbocycles. The molecular weight excluding hydrogens is 214 g/mol. The predicted octanol–water partition coefficient (Wildman–Crippen LogP) is 1.70. The van der Waals surface area contributed by atoms with Crippen LogP contribution in [0.5, 0.6) is 0 Å². The number of hydrogen-bond acceptors (Lipinski definition) is 3. The molecule has 2 bridgehead atoms. The fourth-order valence-corrected chi connectivity index (χ4v) is 3.01. The van der Waals surface area contributed by atoms with E-state index in [9.17, 15) is 0 Å². The van der Waals surface area contributed by atoms with Gasteiger partial charge in [-0.2, -0.15) is 5.10 Å². The number of nitrogens with one attached hydrogen (secondary N) is 1. The summed E-state index contributed by atoms with van der Waals surface area (Å²) in [5.41, 5.74) is 1.29. The van der Waals surface area contributed by atoms with Gasteiger partial charge in [0.1, 0.15) is 0 Å². The Hall–Kier alpha value is -0.870. The minimum Gasteiger partial charge on any atom is -0.373 e. The highest BCUT2D eigenvalue weighted by Gasteiger charge is 2.40. The first kappa shape index (κ1) is 11.2. The summed E-state index contributed by atoms with van der Waals surface area (Å²) < 4.78 is 7.95. The first-order valence-corrected chi connectivity index (χ1v) is 6.76. The van der Waals surface area contributed by atoms with E-state index in [1.54, 1.807) is 0 Å². The second-order valence-electron chi connectivity index (χ2n) is 5.14. The van der Waals surface area contributed by atoms with Gasteiger partial charge < -0.3 is 10.1 Å². The number of aromatic nitrogens is 2. The Kier molecular flexibility index (Phi) is 3.16. The molecule has 3 rings (SSSR count). The van der Waals surface area contributed by atoms with Gasteiger partial charge in [0.2, 0.25) is 0 Å². The molecule has 0 aromatic carbocycles. The molecular formula is C13H21N3O. The maximum Gasteiger partial charge on any atom is 0.0733 e. The molecule has 2 fully saturated rings. The fraction of sp³-hybridized carbons (Fsp3) is 0.769. The van der Waals surface area contributed by atoms with Gasteiger partial charge >= 0.3 is 0 Å². The van der Waals surface area contributed by atoms with Crippen LogP contribution in [0, 0.1) is 0 Å². The van der Waals surface area contributed by atoms with E-state index in [4.69, 9.17) is 4.74 Å². The molecule has 3 heterocycles. The van der Waals surface area contributed by atoms with Crippen LogP contribution in [0.1, 0.15) is 38.3 Å². The second-order valence-corrected chi connectivity index (χ2v) is 5.14. The van der Waals surface area contributed by atoms with Crippen LogP contribution in [0.25, 0.3) is 0 Å². The van der Waals surface area contributed by atoms with Crippen molar-refractivity contribution < 1.29 is 4.74 Å². The Labute approximate surface area is 102 Å². The number of aryl methyl sites for hydroxylation is 1. The van der Waals surface area contributed by atoms with Gasteiger partial charge in [0.05, 0.1) is 17.9 Å². The maximum atomic E-state index is 5.85. The standard InChI is InChI=1S/C13H21N3O/c1-2-7-16-10(5-6-15-16)9-14-12-8-11-3-4-13(12)17-11/h5-6,11-14H,2-4,7-9H2,1H3. The van der Waals surface area contributed by atoms with E-state index in [0.717, 1.165) is 19.5 Å². The summed E-state index contributed by atoms with van der Waals surface area (Å²) in [7, 11) is 0. The van der Waals surface area contributed by atoms with Gasteiger partial charge in [0.25, 0.3) is 0 Å². The zero-order valence-electron chi connectivity index (χ0n) is 10.4. The first-order chi connectivity index (χ1) is 8.36. The van der Waals surface area contributed by atoms with Crippen LogP contribution in [0.2, 0.25) is 0 Å². The van der Waals surface area contributed by atoms with Crippen LogP contribution in [-0.2, 0) is 17.8 Å². The van der Waals surface area contributed by atoms with E-state index < -0.39 is 0 Å². The Morgan fingerprint density at radius 1 is 1.53 bits per heavy atom. The van der Waals surface area contributed by atoms with Gasteiger partial charge in [0.15, 0.2) is 0 Å². The third-order valence-corrected chi connectivity index (χ3v) is 3.89. The molecule has 4 nitrogen and oxygen atoms in total. The van der Waals surface area contributed by atoms with Crippen molar-refractivity contribution in [1.29, 1.82) is 0 Å². The highest BCUT2D eigenvalue weighted by atomic mass is 16.5. The van der Waals surface area contributed by atoms with Crippen LogP contribution in [0.4, 0.5) is 0 Å². The van der Waals surface area contributed by atoms with Gasteiger partial charge in [0, 0.05) is 25.3 Å². The highest BCUT2D eigenvalue weighted by molar-refractivity contribution is 5.02. The molecule has 0 amide bonds. The summed E-state index contributed by atoms with van der Waals surface area (Å²) in [6.45, 7) is 4.11. The van der Waals surface area contributed by atoms with Crippen molar-refractivity contribution in [2.24, 2.45) is 0 Å². The summed E-state index contributed by atoms with van der Waals surface area (Å²) in [6, 6.07) is 2.66. The summed E-state index contributed by atoms with van der Waals surface area (Å²) in [5.74, 6) is 0. The maximum absolute atomic E-state index is 5.85. The average molecular weight is 235 g/mol. The third-order valence-electron chi connectivity index (χ3n) is 3.89. The molecule has 0 spiro atoms. The molecule has 2 aliphatic rings. The lowest BCUT2D eigenvalue weighted by molar-refractivity contribution is 0.0972. The number of rotatable bonds is 5. The van der Waals surface area contributed by atoms with Crippen molar-refractivity contribution in [3.8, 4) is 0 Å². The monoisotopic (exact) mass is 235 g/mol. The summed E-state index contributed by atoms with van der Waals surface area (Å²) in [6.07, 6.45) is 7.69. The molecule has 2 saturated heterocycles. The number of ether oxygens (including phenoxy) is 1. The predicted molar refractivity (Wildman–Crippen MR) is 65.7 cm³/mol. The van der Waals surface area contributed by atoms with Crippen LogP contribution < -0.4 is 5.32 Å². The lowest BCUT2D eigenvalue weighted by atomic mass is 9.95. The highest BCUT2D eigenvalue weighted by Crippen LogP contribution is 2.34. The van der Waals surface area contributed by atoms with E-state index >= 15 is 0 Å². The largest absolute Gasteiger partial charge is 0.373 e. The van der Waals surface area contributed by atoms with Crippen molar-refractivity contribution in [3.63, 3.8) is 0 Å². The number of hydrogen-bond donors (Lipinski definition) is 1. The van der Waals surface area contributed by atoms with Gasteiger partial charge in [-0.05, 0) is 31.7 Å². The molecule has 94 valence electrons. The lowest BCUT2D eigenvalue weighted by Gasteiger charge is -2.20. The smallest absolute Gasteiger partial charge is 0.0733 e. The first-order valence-electron chi connectivity index (χ1n) is 6.76. The van der Waals surface area contributed by atoms with Gasteiger partial charge in [-0.15, -0.1) is 0 Å². The SMILES string of the molecule is CCCn1nccc1CNC1CC2CCC1O2. The van der Waals surface area contributed by atoms with Crippen molar-refractivity contribution in [1.82, 2.24) is 15.1 Å². The Bertz CT molecular complexity index is 376. The average Bonchev–Trinajstić information content (AvgIpc) is 3.02. The van der Waals surface area contributed by atoms with Crippen LogP contribution >= 0.6 is 0 Å². The minimum absolute atomic E-state index is 0.461. The summed E-state index contributed by atoms with van der Waals surface area (Å²) in [4.78, 5) is 0. The van der Waals surface area contributed by atoms with Gasteiger partial charge in [-0.25, -0.2) is 0 Å². The normalized spacial score (nSPS) is 31.2. The zero-order valence-corrected chi connectivity index (χ0v) is 10.4. The van der Waals surface area contributed by atoms with E-state index in [1.165, 1.54) is 25.0 Å². The molecule has 2 aliphatic heterocycles. The summed E-state index contributed by atoms with van der Waals surface area (Å²) >= 11 is 0. The van der Waals surface area contributed by atoms with E-state index in [-0.39, 0.29) is 0 Å². The zero-order chi connectivity index (χ0) is 11.7. The number of fused-ring (bicyclic) bond motifs is 2. The van der Waals surface area contributed by atoms with Crippen LogP contribution in [0.15, 0.2) is 12.3 Å². The van der Waals surface area contributed by atoms with E-state index in [2.05, 4.69) is 28.1 Å². The molecule has 3 unspecified atom stereocenters. The van der Waals surface area contributed by atoms with Crippen molar-refractivity contribution in [2.75, 3.05) is 0 Å². The molecule has 17 heavy (non-hydrogen) atoms. The topological polar surface area (TPSA) is 39.1 Å². The molecule has 3 atom stereocenters. The van der Waals surface area contributed by atoms with Crippen molar-refractivity contribution >= 4 is 0 Å². The molecule has 1 N–H and O–H groups in total. The molecule has 0 radical (unpaired) electrons. The summed E-state index contributed by atoms with van der Waals surface area (Å²) in [5, 5.41) is 7.97. The third kappa shape index (κ3) is 2.24. The van der Waals surface area contributed by atoms with E-state index in [1.807, 2.05) is 6.20 Å². The quantitative estimate of drug-likeness (QED) is 0.844. The lowest BCUT2D eigenvalue weighted by Crippen LogP contribution is -2.37. The fourth-order valence-electron chi connectivity index (χ4n) is 3.01. The number of nitrogens with zero attached hydrogens (tertiary/aromatic N) is 2. The Morgan fingerprint density at radius 2 is 2.47 bits per heavy atom. The van der Waals surface area contributed by atoms with Crippen molar-refractivity contribution in [3.05, 3.63) is 18.0 Å². The molecule has 4 heteroatoms. The van der Waals surface area contributed by atoms with Gasteiger partial charge in [-0.1, -0.05) is 6.92 Å². The second kappa shape index (κ2) is 4.78. The van der Waals surface area contributed by atoms with Crippen LogP contribution in [0.3, 0.4) is 0 Å². The van der Waals surface area contributed by atoms with Crippen LogP contribution in [-0.4, -0.2) is 28.0 Å². The van der Waals surface area contributed by atoms with Crippen molar-refractivity contribution in [2.45, 2.75) is 63.9 Å². The van der Waals surface area contributed by atoms with Gasteiger partial charge in [-0.3, -0.25) is 4.68 Å². The Morgan fingerprint density at radius 3 is 3.18 bits per heavy atom. The molecule has 0 aliphatic carbocycles. The Balaban J connectivity index is 1.55. The van der Waals surface area contributed by atoms with E-state index in [0.29, 0.717) is 18.2 Å². The molecule has 1 aromatic heterocycles. The molecule has 1 aromatic rings. The minimum atomic E-state index is 0.461.